The van der Waals surface area contributed by atoms with Crippen LogP contribution in [0.2, 0.25) is 0 Å². The van der Waals surface area contributed by atoms with Crippen LogP contribution in [0.25, 0.3) is 0 Å². The van der Waals surface area contributed by atoms with E-state index in [1.165, 1.54) is 0 Å². The predicted molar refractivity (Wildman–Crippen MR) is 104 cm³/mol. The number of nitrogens with zero attached hydrogens (tertiary/aromatic N) is 1. The first-order valence-electron chi connectivity index (χ1n) is 9.26. The highest BCUT2D eigenvalue weighted by Crippen LogP contribution is 2.22. The van der Waals surface area contributed by atoms with Gasteiger partial charge in [-0.05, 0) is 30.0 Å². The summed E-state index contributed by atoms with van der Waals surface area (Å²) < 4.78 is 0. The molecule has 5 nitrogen and oxygen atoms in total. The minimum atomic E-state index is -0.119. The second kappa shape index (κ2) is 9.37. The van der Waals surface area contributed by atoms with Gasteiger partial charge in [-0.25, -0.2) is 5.48 Å². The molecule has 0 bridgehead atoms. The molecule has 1 N–H and O–H groups in total. The summed E-state index contributed by atoms with van der Waals surface area (Å²) in [7, 11) is 5.78. The lowest BCUT2D eigenvalue weighted by atomic mass is 9.93. The standard InChI is InChI=1S/C21H23BN2O3/c22-18-10-11-19-17(13-18)14-24(21(19)26)12-6-2-5-9-20(25)23-27-15-16-7-3-1-4-8-16/h1,3-4,7-8,10-11,13H,2,5-6,9,12,14-15H2,(H,23,25). The van der Waals surface area contributed by atoms with E-state index < -0.39 is 0 Å². The summed E-state index contributed by atoms with van der Waals surface area (Å²) in [6.07, 6.45) is 2.93. The highest BCUT2D eigenvalue weighted by atomic mass is 16.6. The smallest absolute Gasteiger partial charge is 0.254 e. The van der Waals surface area contributed by atoms with Gasteiger partial charge in [0.1, 0.15) is 7.85 Å². The van der Waals surface area contributed by atoms with Crippen LogP contribution in [0.15, 0.2) is 48.5 Å². The first-order chi connectivity index (χ1) is 13.1. The highest BCUT2D eigenvalue weighted by Gasteiger charge is 2.26. The van der Waals surface area contributed by atoms with Crippen LogP contribution in [-0.2, 0) is 22.8 Å². The van der Waals surface area contributed by atoms with E-state index in [2.05, 4.69) is 5.48 Å². The van der Waals surface area contributed by atoms with Gasteiger partial charge in [-0.3, -0.25) is 14.4 Å². The SMILES string of the molecule is [B]c1ccc2c(c1)CN(CCCCCC(=O)NOCc1ccccc1)C2=O. The molecule has 138 valence electrons. The average Bonchev–Trinajstić information content (AvgIpc) is 2.97. The first kappa shape index (κ1) is 19.2. The van der Waals surface area contributed by atoms with Gasteiger partial charge in [0.15, 0.2) is 0 Å². The number of unbranched alkanes of at least 4 members (excludes halogenated alkanes) is 2. The van der Waals surface area contributed by atoms with Crippen LogP contribution in [0.3, 0.4) is 0 Å². The van der Waals surface area contributed by atoms with Crippen molar-refractivity contribution in [2.75, 3.05) is 6.54 Å². The highest BCUT2D eigenvalue weighted by molar-refractivity contribution is 6.32. The Morgan fingerprint density at radius 1 is 1.11 bits per heavy atom. The number of amides is 2. The van der Waals surface area contributed by atoms with Gasteiger partial charge >= 0.3 is 0 Å². The third-order valence-corrected chi connectivity index (χ3v) is 4.61. The Labute approximate surface area is 161 Å². The number of carbonyl (C=O) groups excluding carboxylic acids is 2. The molecular weight excluding hydrogens is 339 g/mol. The van der Waals surface area contributed by atoms with E-state index in [9.17, 15) is 9.59 Å². The fraction of sp³-hybridized carbons (Fsp3) is 0.333. The Morgan fingerprint density at radius 2 is 1.93 bits per heavy atom. The van der Waals surface area contributed by atoms with Gasteiger partial charge in [-0.2, -0.15) is 0 Å². The molecule has 6 heteroatoms. The van der Waals surface area contributed by atoms with Gasteiger partial charge in [-0.15, -0.1) is 0 Å². The molecule has 0 saturated heterocycles. The molecule has 0 fully saturated rings. The second-order valence-corrected chi connectivity index (χ2v) is 6.75. The molecule has 1 heterocycles. The van der Waals surface area contributed by atoms with Crippen molar-refractivity contribution in [2.45, 2.75) is 38.8 Å². The van der Waals surface area contributed by atoms with E-state index in [0.29, 0.717) is 31.6 Å². The van der Waals surface area contributed by atoms with Crippen LogP contribution >= 0.6 is 0 Å². The van der Waals surface area contributed by atoms with E-state index in [-0.39, 0.29) is 11.8 Å². The normalized spacial score (nSPS) is 12.9. The van der Waals surface area contributed by atoms with Crippen molar-refractivity contribution < 1.29 is 14.4 Å². The molecule has 2 aromatic rings. The van der Waals surface area contributed by atoms with Crippen LogP contribution in [0.5, 0.6) is 0 Å². The molecule has 1 aliphatic heterocycles. The quantitative estimate of drug-likeness (QED) is 0.423. The molecule has 0 spiro atoms. The van der Waals surface area contributed by atoms with E-state index in [0.717, 1.165) is 36.0 Å². The zero-order valence-electron chi connectivity index (χ0n) is 15.3. The Morgan fingerprint density at radius 3 is 2.74 bits per heavy atom. The van der Waals surface area contributed by atoms with Gasteiger partial charge in [0.2, 0.25) is 5.91 Å². The molecule has 0 aromatic heterocycles. The summed E-state index contributed by atoms with van der Waals surface area (Å²) in [4.78, 5) is 31.1. The van der Waals surface area contributed by atoms with Gasteiger partial charge < -0.3 is 4.90 Å². The van der Waals surface area contributed by atoms with Crippen molar-refractivity contribution in [1.29, 1.82) is 0 Å². The van der Waals surface area contributed by atoms with Crippen LogP contribution in [0, 0.1) is 0 Å². The van der Waals surface area contributed by atoms with E-state index in [1.54, 1.807) is 12.1 Å². The van der Waals surface area contributed by atoms with Gasteiger partial charge in [-0.1, -0.05) is 54.3 Å². The van der Waals surface area contributed by atoms with Crippen molar-refractivity contribution in [3.63, 3.8) is 0 Å². The van der Waals surface area contributed by atoms with E-state index in [1.807, 2.05) is 41.3 Å². The van der Waals surface area contributed by atoms with Gasteiger partial charge in [0, 0.05) is 25.1 Å². The van der Waals surface area contributed by atoms with Crippen molar-refractivity contribution >= 4 is 25.1 Å². The topological polar surface area (TPSA) is 58.6 Å². The lowest BCUT2D eigenvalue weighted by Gasteiger charge is -2.15. The molecule has 0 saturated carbocycles. The number of nitrogens with one attached hydrogen (secondary N) is 1. The molecule has 27 heavy (non-hydrogen) atoms. The summed E-state index contributed by atoms with van der Waals surface area (Å²) in [5.41, 5.74) is 5.91. The molecule has 2 aromatic carbocycles. The minimum Gasteiger partial charge on any atom is -0.334 e. The van der Waals surface area contributed by atoms with Crippen LogP contribution < -0.4 is 10.9 Å². The number of benzene rings is 2. The lowest BCUT2D eigenvalue weighted by Crippen LogP contribution is -2.25. The summed E-state index contributed by atoms with van der Waals surface area (Å²) in [5, 5.41) is 0. The largest absolute Gasteiger partial charge is 0.334 e. The zero-order chi connectivity index (χ0) is 19.1. The molecule has 2 amide bonds. The monoisotopic (exact) mass is 362 g/mol. The second-order valence-electron chi connectivity index (χ2n) is 6.75. The number of hydroxylamine groups is 1. The van der Waals surface area contributed by atoms with Crippen molar-refractivity contribution in [2.24, 2.45) is 0 Å². The number of fused-ring (bicyclic) bond motifs is 1. The molecule has 2 radical (unpaired) electrons. The van der Waals surface area contributed by atoms with Gasteiger partial charge in [0.05, 0.1) is 6.61 Å². The average molecular weight is 362 g/mol. The number of carbonyl (C=O) groups is 2. The Balaban J connectivity index is 1.27. The number of hydrogen-bond acceptors (Lipinski definition) is 3. The molecule has 3 rings (SSSR count). The maximum Gasteiger partial charge on any atom is 0.254 e. The molecule has 0 aliphatic carbocycles. The summed E-state index contributed by atoms with van der Waals surface area (Å²) in [6, 6.07) is 15.1. The predicted octanol–water partition coefficient (Wildman–Crippen LogP) is 2.24. The maximum absolute atomic E-state index is 12.3. The maximum atomic E-state index is 12.3. The molecule has 0 unspecified atom stereocenters. The van der Waals surface area contributed by atoms with Crippen LogP contribution in [0.4, 0.5) is 0 Å². The summed E-state index contributed by atoms with van der Waals surface area (Å²) in [5.74, 6) is -0.0527. The summed E-state index contributed by atoms with van der Waals surface area (Å²) >= 11 is 0. The minimum absolute atomic E-state index is 0.0667. The summed E-state index contributed by atoms with van der Waals surface area (Å²) in [6.45, 7) is 1.67. The van der Waals surface area contributed by atoms with Crippen molar-refractivity contribution in [1.82, 2.24) is 10.4 Å². The fourth-order valence-electron chi connectivity index (χ4n) is 3.17. The van der Waals surface area contributed by atoms with Crippen LogP contribution in [0.1, 0.15) is 47.2 Å². The van der Waals surface area contributed by atoms with Crippen LogP contribution in [-0.4, -0.2) is 31.1 Å². The Hall–Kier alpha value is -2.60. The van der Waals surface area contributed by atoms with E-state index in [4.69, 9.17) is 12.7 Å². The lowest BCUT2D eigenvalue weighted by molar-refractivity contribution is -0.134. The zero-order valence-corrected chi connectivity index (χ0v) is 15.3. The first-order valence-corrected chi connectivity index (χ1v) is 9.26. The number of rotatable bonds is 9. The Kier molecular flexibility index (Phi) is 6.66. The number of hydrogen-bond donors (Lipinski definition) is 1. The third kappa shape index (κ3) is 5.44. The van der Waals surface area contributed by atoms with Crippen molar-refractivity contribution in [3.8, 4) is 0 Å². The molecule has 1 aliphatic rings. The third-order valence-electron chi connectivity index (χ3n) is 4.61. The van der Waals surface area contributed by atoms with E-state index >= 15 is 0 Å². The van der Waals surface area contributed by atoms with Gasteiger partial charge in [0.25, 0.3) is 5.91 Å². The fourth-order valence-corrected chi connectivity index (χ4v) is 3.17. The molecule has 0 atom stereocenters. The Bertz CT molecular complexity index is 795. The molecular formula is C21H23BN2O3. The van der Waals surface area contributed by atoms with Crippen molar-refractivity contribution in [3.05, 3.63) is 65.2 Å².